The average Bonchev–Trinajstić information content (AvgIpc) is 3.09. The summed E-state index contributed by atoms with van der Waals surface area (Å²) in [6, 6.07) is 51.7. The molecule has 0 saturated carbocycles. The quantitative estimate of drug-likeness (QED) is 0.203. The van der Waals surface area contributed by atoms with Crippen molar-refractivity contribution in [1.82, 2.24) is 0 Å². The number of rotatable bonds is 3. The molecule has 204 valence electrons. The molecule has 0 saturated heterocycles. The van der Waals surface area contributed by atoms with Crippen molar-refractivity contribution in [3.63, 3.8) is 0 Å². The SMILES string of the molecule is c1ccc(-c2c(N3c4ccccc4B4c5c(cccc53)-c3ccccc3N4c3ccccc3)ccc3c2CCCC3)cc1. The van der Waals surface area contributed by atoms with Crippen LogP contribution in [0.3, 0.4) is 0 Å². The Hall–Kier alpha value is -5.02. The maximum Gasteiger partial charge on any atom is 0.333 e. The van der Waals surface area contributed by atoms with E-state index in [2.05, 4.69) is 149 Å². The molecule has 9 rings (SSSR count). The number of benzene rings is 6. The summed E-state index contributed by atoms with van der Waals surface area (Å²) in [6.45, 7) is 0.0637. The minimum Gasteiger partial charge on any atom is -0.376 e. The predicted octanol–water partition coefficient (Wildman–Crippen LogP) is 8.94. The first-order valence-electron chi connectivity index (χ1n) is 15.5. The van der Waals surface area contributed by atoms with E-state index in [1.165, 1.54) is 85.6 Å². The van der Waals surface area contributed by atoms with Gasteiger partial charge in [-0.15, -0.1) is 0 Å². The highest BCUT2D eigenvalue weighted by Gasteiger charge is 2.44. The second kappa shape index (κ2) is 9.78. The Morgan fingerprint density at radius 1 is 0.488 bits per heavy atom. The molecule has 0 amide bonds. The summed E-state index contributed by atoms with van der Waals surface area (Å²) in [5, 5.41) is 0. The maximum absolute atomic E-state index is 2.57. The van der Waals surface area contributed by atoms with Crippen LogP contribution in [0.2, 0.25) is 0 Å². The molecule has 0 spiro atoms. The lowest BCUT2D eigenvalue weighted by Gasteiger charge is -2.46. The molecule has 0 radical (unpaired) electrons. The van der Waals surface area contributed by atoms with Crippen molar-refractivity contribution in [3.8, 4) is 22.3 Å². The van der Waals surface area contributed by atoms with E-state index in [9.17, 15) is 0 Å². The highest BCUT2D eigenvalue weighted by Crippen LogP contribution is 2.49. The summed E-state index contributed by atoms with van der Waals surface area (Å²) in [6.07, 6.45) is 4.82. The molecule has 43 heavy (non-hydrogen) atoms. The largest absolute Gasteiger partial charge is 0.376 e. The molecule has 0 aromatic heterocycles. The summed E-state index contributed by atoms with van der Waals surface area (Å²) in [7, 11) is 0. The monoisotopic (exact) mass is 550 g/mol. The molecule has 0 atom stereocenters. The Kier molecular flexibility index (Phi) is 5.59. The van der Waals surface area contributed by atoms with Gasteiger partial charge < -0.3 is 9.71 Å². The van der Waals surface area contributed by atoms with Crippen molar-refractivity contribution >= 4 is 46.2 Å². The van der Waals surface area contributed by atoms with E-state index in [1.54, 1.807) is 0 Å². The van der Waals surface area contributed by atoms with Crippen molar-refractivity contribution in [3.05, 3.63) is 151 Å². The van der Waals surface area contributed by atoms with Crippen LogP contribution in [-0.2, 0) is 12.8 Å². The fourth-order valence-electron chi connectivity index (χ4n) is 7.86. The summed E-state index contributed by atoms with van der Waals surface area (Å²) in [4.78, 5) is 5.13. The molecule has 0 fully saturated rings. The standard InChI is InChI=1S/C40H31BN2/c1-3-15-29(16-4-1)39-31-19-8-7-14-28(31)26-27-37(39)42-36-24-12-10-22-34(36)41-40-33(21-13-25-38(40)42)32-20-9-11-23-35(32)43(41)30-17-5-2-6-18-30/h1-6,9-13,15-18,20-27H,7-8,14,19H2. The Morgan fingerprint density at radius 2 is 1.16 bits per heavy atom. The molecule has 6 aromatic carbocycles. The zero-order valence-electron chi connectivity index (χ0n) is 24.1. The molecule has 6 aromatic rings. The number of fused-ring (bicyclic) bond motifs is 5. The third-order valence-corrected chi connectivity index (χ3v) is 9.63. The smallest absolute Gasteiger partial charge is 0.333 e. The lowest BCUT2D eigenvalue weighted by atomic mass is 9.43. The topological polar surface area (TPSA) is 6.48 Å². The highest BCUT2D eigenvalue weighted by atomic mass is 15.2. The fourth-order valence-corrected chi connectivity index (χ4v) is 7.86. The molecule has 2 aliphatic heterocycles. The minimum atomic E-state index is 0.0637. The molecule has 0 N–H and O–H groups in total. The van der Waals surface area contributed by atoms with Crippen molar-refractivity contribution in [2.75, 3.05) is 9.71 Å². The van der Waals surface area contributed by atoms with Crippen LogP contribution in [0.5, 0.6) is 0 Å². The number of hydrogen-bond acceptors (Lipinski definition) is 2. The van der Waals surface area contributed by atoms with Crippen molar-refractivity contribution in [2.24, 2.45) is 0 Å². The molecule has 0 unspecified atom stereocenters. The summed E-state index contributed by atoms with van der Waals surface area (Å²) >= 11 is 0. The number of aryl methyl sites for hydroxylation is 1. The Morgan fingerprint density at radius 3 is 2.02 bits per heavy atom. The number of anilines is 5. The number of para-hydroxylation sites is 3. The summed E-state index contributed by atoms with van der Waals surface area (Å²) in [5.74, 6) is 0. The van der Waals surface area contributed by atoms with Gasteiger partial charge in [0.05, 0.1) is 5.69 Å². The van der Waals surface area contributed by atoms with E-state index >= 15 is 0 Å². The third kappa shape index (κ3) is 3.68. The number of nitrogens with zero attached hydrogens (tertiary/aromatic N) is 2. The second-order valence-corrected chi connectivity index (χ2v) is 11.9. The van der Waals surface area contributed by atoms with E-state index < -0.39 is 0 Å². The van der Waals surface area contributed by atoms with Crippen LogP contribution in [0.15, 0.2) is 140 Å². The van der Waals surface area contributed by atoms with Crippen molar-refractivity contribution in [1.29, 1.82) is 0 Å². The summed E-state index contributed by atoms with van der Waals surface area (Å²) in [5.41, 5.74) is 17.3. The molecule has 2 nitrogen and oxygen atoms in total. The highest BCUT2D eigenvalue weighted by molar-refractivity contribution is 6.93. The van der Waals surface area contributed by atoms with Crippen LogP contribution in [0.4, 0.5) is 28.4 Å². The van der Waals surface area contributed by atoms with E-state index in [4.69, 9.17) is 0 Å². The first-order chi connectivity index (χ1) is 21.4. The van der Waals surface area contributed by atoms with Crippen LogP contribution in [0, 0.1) is 0 Å². The Balaban J connectivity index is 1.37. The van der Waals surface area contributed by atoms with Gasteiger partial charge in [-0.1, -0.05) is 103 Å². The predicted molar refractivity (Wildman–Crippen MR) is 182 cm³/mol. The molecule has 1 aliphatic carbocycles. The molecule has 3 heteroatoms. The molecular formula is C40H31BN2. The number of hydrogen-bond donors (Lipinski definition) is 0. The minimum absolute atomic E-state index is 0.0637. The fraction of sp³-hybridized carbons (Fsp3) is 0.100. The lowest BCUT2D eigenvalue weighted by Crippen LogP contribution is -2.61. The van der Waals surface area contributed by atoms with Gasteiger partial charge in [-0.25, -0.2) is 0 Å². The van der Waals surface area contributed by atoms with Gasteiger partial charge in [0.15, 0.2) is 0 Å². The second-order valence-electron chi connectivity index (χ2n) is 11.9. The van der Waals surface area contributed by atoms with Crippen LogP contribution in [-0.4, -0.2) is 6.85 Å². The first-order valence-corrected chi connectivity index (χ1v) is 15.5. The van der Waals surface area contributed by atoms with Crippen LogP contribution in [0.25, 0.3) is 22.3 Å². The van der Waals surface area contributed by atoms with E-state index in [-0.39, 0.29) is 6.85 Å². The molecule has 0 bridgehead atoms. The zero-order valence-corrected chi connectivity index (χ0v) is 24.1. The van der Waals surface area contributed by atoms with Gasteiger partial charge in [-0.3, -0.25) is 0 Å². The van der Waals surface area contributed by atoms with Crippen molar-refractivity contribution < 1.29 is 0 Å². The normalized spacial score (nSPS) is 14.5. The van der Waals surface area contributed by atoms with Gasteiger partial charge in [-0.05, 0) is 95.3 Å². The van der Waals surface area contributed by atoms with E-state index in [0.29, 0.717) is 0 Å². The van der Waals surface area contributed by atoms with Gasteiger partial charge in [0.25, 0.3) is 0 Å². The van der Waals surface area contributed by atoms with E-state index in [0.717, 1.165) is 12.8 Å². The van der Waals surface area contributed by atoms with Gasteiger partial charge in [0, 0.05) is 33.9 Å². The van der Waals surface area contributed by atoms with Crippen molar-refractivity contribution in [2.45, 2.75) is 25.7 Å². The third-order valence-electron chi connectivity index (χ3n) is 9.63. The zero-order chi connectivity index (χ0) is 28.3. The van der Waals surface area contributed by atoms with Crippen LogP contribution in [0.1, 0.15) is 24.0 Å². The van der Waals surface area contributed by atoms with Gasteiger partial charge in [0.2, 0.25) is 0 Å². The average molecular weight is 551 g/mol. The summed E-state index contributed by atoms with van der Waals surface area (Å²) < 4.78 is 0. The van der Waals surface area contributed by atoms with Gasteiger partial charge in [-0.2, -0.15) is 0 Å². The van der Waals surface area contributed by atoms with E-state index in [1.807, 2.05) is 0 Å². The van der Waals surface area contributed by atoms with Crippen LogP contribution < -0.4 is 20.6 Å². The lowest BCUT2D eigenvalue weighted by molar-refractivity contribution is 0.687. The Labute approximate surface area is 254 Å². The first kappa shape index (κ1) is 24.6. The van der Waals surface area contributed by atoms with Gasteiger partial charge >= 0.3 is 6.85 Å². The van der Waals surface area contributed by atoms with Crippen LogP contribution >= 0.6 is 0 Å². The Bertz CT molecular complexity index is 2000. The van der Waals surface area contributed by atoms with Gasteiger partial charge in [0.1, 0.15) is 0 Å². The molecular weight excluding hydrogens is 519 g/mol. The molecule has 3 aliphatic rings. The molecule has 2 heterocycles. The maximum atomic E-state index is 2.57.